The minimum atomic E-state index is 0.837. The van der Waals surface area contributed by atoms with Crippen LogP contribution in [0, 0.1) is 6.92 Å². The Hall–Kier alpha value is -1.87. The van der Waals surface area contributed by atoms with Crippen LogP contribution in [0.15, 0.2) is 49.3 Å². The summed E-state index contributed by atoms with van der Waals surface area (Å²) in [7, 11) is 2.03. The van der Waals surface area contributed by atoms with Crippen LogP contribution in [0.4, 0.5) is 0 Å². The van der Waals surface area contributed by atoms with Crippen molar-refractivity contribution in [1.29, 1.82) is 0 Å². The summed E-state index contributed by atoms with van der Waals surface area (Å²) in [5.74, 6) is 1.08. The van der Waals surface area contributed by atoms with Gasteiger partial charge in [-0.05, 0) is 18.1 Å². The van der Waals surface area contributed by atoms with Crippen molar-refractivity contribution in [2.24, 2.45) is 7.05 Å². The zero-order chi connectivity index (χ0) is 13.7. The Bertz CT molecular complexity index is 542. The van der Waals surface area contributed by atoms with Gasteiger partial charge in [0, 0.05) is 32.5 Å². The van der Waals surface area contributed by atoms with Crippen molar-refractivity contribution in [3.8, 4) is 0 Å². The molecule has 0 atom stereocenters. The SMILES string of the molecule is C=CCN(Cc1ccccc1C)Cc1nccn1C. The summed E-state index contributed by atoms with van der Waals surface area (Å²) in [5.41, 5.74) is 2.69. The van der Waals surface area contributed by atoms with E-state index < -0.39 is 0 Å². The van der Waals surface area contributed by atoms with E-state index in [0.717, 1.165) is 25.5 Å². The van der Waals surface area contributed by atoms with Crippen molar-refractivity contribution in [2.45, 2.75) is 20.0 Å². The highest BCUT2D eigenvalue weighted by atomic mass is 15.2. The Balaban J connectivity index is 2.10. The van der Waals surface area contributed by atoms with E-state index in [1.807, 2.05) is 25.5 Å². The molecule has 2 rings (SSSR count). The maximum atomic E-state index is 4.39. The molecule has 1 heterocycles. The molecule has 0 unspecified atom stereocenters. The summed E-state index contributed by atoms with van der Waals surface area (Å²) < 4.78 is 2.06. The van der Waals surface area contributed by atoms with Crippen LogP contribution in [0.5, 0.6) is 0 Å². The predicted molar refractivity (Wildman–Crippen MR) is 78.7 cm³/mol. The fraction of sp³-hybridized carbons (Fsp3) is 0.312. The molecule has 0 saturated carbocycles. The number of benzene rings is 1. The lowest BCUT2D eigenvalue weighted by molar-refractivity contribution is 0.275. The fourth-order valence-corrected chi connectivity index (χ4v) is 2.14. The first kappa shape index (κ1) is 13.6. The minimum absolute atomic E-state index is 0.837. The summed E-state index contributed by atoms with van der Waals surface area (Å²) in [6, 6.07) is 8.51. The van der Waals surface area contributed by atoms with Gasteiger partial charge in [0.1, 0.15) is 5.82 Å². The largest absolute Gasteiger partial charge is 0.337 e. The van der Waals surface area contributed by atoms with Crippen LogP contribution in [-0.4, -0.2) is 21.0 Å². The Morgan fingerprint density at radius 3 is 2.74 bits per heavy atom. The average Bonchev–Trinajstić information content (AvgIpc) is 2.78. The lowest BCUT2D eigenvalue weighted by Gasteiger charge is -2.21. The number of nitrogens with zero attached hydrogens (tertiary/aromatic N) is 3. The van der Waals surface area contributed by atoms with Crippen molar-refractivity contribution in [2.75, 3.05) is 6.54 Å². The molecule has 3 nitrogen and oxygen atoms in total. The number of aryl methyl sites for hydroxylation is 2. The number of hydrogen-bond acceptors (Lipinski definition) is 2. The van der Waals surface area contributed by atoms with Crippen molar-refractivity contribution in [3.63, 3.8) is 0 Å². The Labute approximate surface area is 115 Å². The molecule has 0 aliphatic carbocycles. The molecule has 0 aliphatic rings. The van der Waals surface area contributed by atoms with E-state index in [2.05, 4.69) is 52.2 Å². The van der Waals surface area contributed by atoms with Crippen molar-refractivity contribution in [3.05, 3.63) is 66.3 Å². The smallest absolute Gasteiger partial charge is 0.122 e. The monoisotopic (exact) mass is 255 g/mol. The van der Waals surface area contributed by atoms with E-state index in [4.69, 9.17) is 0 Å². The van der Waals surface area contributed by atoms with Crippen LogP contribution in [0.2, 0.25) is 0 Å². The summed E-state index contributed by atoms with van der Waals surface area (Å²) in [6.07, 6.45) is 5.77. The van der Waals surface area contributed by atoms with Gasteiger partial charge >= 0.3 is 0 Å². The zero-order valence-electron chi connectivity index (χ0n) is 11.7. The fourth-order valence-electron chi connectivity index (χ4n) is 2.14. The summed E-state index contributed by atoms with van der Waals surface area (Å²) in [6.45, 7) is 8.62. The van der Waals surface area contributed by atoms with E-state index in [1.54, 1.807) is 0 Å². The molecule has 0 bridgehead atoms. The van der Waals surface area contributed by atoms with E-state index in [0.29, 0.717) is 0 Å². The van der Waals surface area contributed by atoms with Crippen LogP contribution in [0.1, 0.15) is 17.0 Å². The van der Waals surface area contributed by atoms with Crippen LogP contribution >= 0.6 is 0 Å². The van der Waals surface area contributed by atoms with Gasteiger partial charge in [-0.1, -0.05) is 30.3 Å². The Morgan fingerprint density at radius 1 is 1.32 bits per heavy atom. The molecule has 0 radical (unpaired) electrons. The molecule has 19 heavy (non-hydrogen) atoms. The molecule has 0 N–H and O–H groups in total. The summed E-state index contributed by atoms with van der Waals surface area (Å²) in [5, 5.41) is 0. The highest BCUT2D eigenvalue weighted by Crippen LogP contribution is 2.12. The second-order valence-corrected chi connectivity index (χ2v) is 4.84. The van der Waals surface area contributed by atoms with Crippen molar-refractivity contribution < 1.29 is 0 Å². The first-order valence-corrected chi connectivity index (χ1v) is 6.54. The predicted octanol–water partition coefficient (Wildman–Crippen LogP) is 2.92. The molecule has 3 heteroatoms. The van der Waals surface area contributed by atoms with Gasteiger partial charge in [0.2, 0.25) is 0 Å². The molecular formula is C16H21N3. The Morgan fingerprint density at radius 2 is 2.11 bits per heavy atom. The zero-order valence-corrected chi connectivity index (χ0v) is 11.7. The van der Waals surface area contributed by atoms with E-state index >= 15 is 0 Å². The third-order valence-electron chi connectivity index (χ3n) is 3.33. The molecule has 0 amide bonds. The van der Waals surface area contributed by atoms with Crippen molar-refractivity contribution in [1.82, 2.24) is 14.5 Å². The maximum absolute atomic E-state index is 4.39. The quantitative estimate of drug-likeness (QED) is 0.740. The lowest BCUT2D eigenvalue weighted by atomic mass is 10.1. The average molecular weight is 255 g/mol. The first-order chi connectivity index (χ1) is 9.20. The van der Waals surface area contributed by atoms with Gasteiger partial charge < -0.3 is 4.57 Å². The number of hydrogen-bond donors (Lipinski definition) is 0. The number of aromatic nitrogens is 2. The van der Waals surface area contributed by atoms with Gasteiger partial charge in [-0.2, -0.15) is 0 Å². The van der Waals surface area contributed by atoms with Gasteiger partial charge in [0.15, 0.2) is 0 Å². The van der Waals surface area contributed by atoms with Gasteiger partial charge in [0.05, 0.1) is 6.54 Å². The molecular weight excluding hydrogens is 234 g/mol. The summed E-state index contributed by atoms with van der Waals surface area (Å²) >= 11 is 0. The highest BCUT2D eigenvalue weighted by molar-refractivity contribution is 5.25. The van der Waals surface area contributed by atoms with Crippen LogP contribution in [0.3, 0.4) is 0 Å². The minimum Gasteiger partial charge on any atom is -0.337 e. The van der Waals surface area contributed by atoms with Gasteiger partial charge in [-0.25, -0.2) is 4.98 Å². The summed E-state index contributed by atoms with van der Waals surface area (Å²) in [4.78, 5) is 6.73. The molecule has 1 aromatic carbocycles. The third-order valence-corrected chi connectivity index (χ3v) is 3.33. The molecule has 0 fully saturated rings. The van der Waals surface area contributed by atoms with Gasteiger partial charge in [-0.3, -0.25) is 4.90 Å². The molecule has 2 aromatic rings. The van der Waals surface area contributed by atoms with Gasteiger partial charge in [-0.15, -0.1) is 6.58 Å². The van der Waals surface area contributed by atoms with Crippen molar-refractivity contribution >= 4 is 0 Å². The van der Waals surface area contributed by atoms with E-state index in [1.165, 1.54) is 11.1 Å². The van der Waals surface area contributed by atoms with Gasteiger partial charge in [0.25, 0.3) is 0 Å². The maximum Gasteiger partial charge on any atom is 0.122 e. The van der Waals surface area contributed by atoms with Crippen LogP contribution in [0.25, 0.3) is 0 Å². The molecule has 100 valence electrons. The van der Waals surface area contributed by atoms with E-state index in [9.17, 15) is 0 Å². The molecule has 0 spiro atoms. The molecule has 0 saturated heterocycles. The third kappa shape index (κ3) is 3.55. The normalized spacial score (nSPS) is 10.9. The topological polar surface area (TPSA) is 21.1 Å². The number of rotatable bonds is 6. The highest BCUT2D eigenvalue weighted by Gasteiger charge is 2.09. The standard InChI is InChI=1S/C16H21N3/c1-4-10-19(13-16-17-9-11-18(16)3)12-15-8-6-5-7-14(15)2/h4-9,11H,1,10,12-13H2,2-3H3. The van der Waals surface area contributed by atoms with Crippen LogP contribution in [-0.2, 0) is 20.1 Å². The molecule has 0 aliphatic heterocycles. The second-order valence-electron chi connectivity index (χ2n) is 4.84. The number of imidazole rings is 1. The van der Waals surface area contributed by atoms with E-state index in [-0.39, 0.29) is 0 Å². The lowest BCUT2D eigenvalue weighted by Crippen LogP contribution is -2.24. The van der Waals surface area contributed by atoms with Crippen LogP contribution < -0.4 is 0 Å². The molecule has 1 aromatic heterocycles. The Kier molecular flexibility index (Phi) is 4.53. The first-order valence-electron chi connectivity index (χ1n) is 6.54. The second kappa shape index (κ2) is 6.34.